The van der Waals surface area contributed by atoms with Crippen LogP contribution in [0.25, 0.3) is 5.82 Å². The first-order valence-corrected chi connectivity index (χ1v) is 7.26. The molecule has 1 aliphatic carbocycles. The van der Waals surface area contributed by atoms with Crippen LogP contribution in [0.3, 0.4) is 0 Å². The average Bonchev–Trinajstić information content (AvgIpc) is 3.16. The maximum Gasteiger partial charge on any atom is 0.256 e. The number of amides is 1. The third kappa shape index (κ3) is 2.85. The van der Waals surface area contributed by atoms with Crippen molar-refractivity contribution in [1.29, 1.82) is 0 Å². The summed E-state index contributed by atoms with van der Waals surface area (Å²) in [5, 5.41) is 16.7. The van der Waals surface area contributed by atoms with Gasteiger partial charge in [-0.1, -0.05) is 0 Å². The topological polar surface area (TPSA) is 72.1 Å². The molecule has 6 nitrogen and oxygen atoms in total. The average molecular weight is 288 g/mol. The molecule has 2 atom stereocenters. The van der Waals surface area contributed by atoms with Crippen molar-refractivity contribution in [2.45, 2.75) is 25.4 Å². The number of carbonyl (C=O) groups is 1. The number of hydrogen-bond donors (Lipinski definition) is 2. The van der Waals surface area contributed by atoms with E-state index in [2.05, 4.69) is 10.4 Å². The van der Waals surface area contributed by atoms with Crippen molar-refractivity contribution in [1.82, 2.24) is 19.7 Å². The highest BCUT2D eigenvalue weighted by Crippen LogP contribution is 2.24. The Hall–Kier alpha value is -2.08. The molecule has 0 saturated heterocycles. The lowest BCUT2D eigenvalue weighted by molar-refractivity contribution is 0.0945. The van der Waals surface area contributed by atoms with E-state index in [9.17, 15) is 9.90 Å². The lowest BCUT2D eigenvalue weighted by Gasteiger charge is -2.12. The van der Waals surface area contributed by atoms with Crippen molar-refractivity contribution in [3.05, 3.63) is 36.3 Å². The fourth-order valence-corrected chi connectivity index (χ4v) is 2.94. The van der Waals surface area contributed by atoms with Crippen molar-refractivity contribution >= 4 is 5.91 Å². The van der Waals surface area contributed by atoms with Gasteiger partial charge in [-0.25, -0.2) is 0 Å². The summed E-state index contributed by atoms with van der Waals surface area (Å²) in [6.45, 7) is 0.607. The van der Waals surface area contributed by atoms with Gasteiger partial charge >= 0.3 is 0 Å². The fraction of sp³-hybridized carbons (Fsp3) is 0.467. The van der Waals surface area contributed by atoms with Crippen molar-refractivity contribution in [3.8, 4) is 5.82 Å². The summed E-state index contributed by atoms with van der Waals surface area (Å²) in [4.78, 5) is 12.4. The lowest BCUT2D eigenvalue weighted by Crippen LogP contribution is -2.29. The maximum atomic E-state index is 12.4. The number of nitrogens with zero attached hydrogens (tertiary/aromatic N) is 3. The molecule has 112 valence electrons. The van der Waals surface area contributed by atoms with Crippen LogP contribution in [0.15, 0.2) is 30.7 Å². The second kappa shape index (κ2) is 5.73. The van der Waals surface area contributed by atoms with Crippen molar-refractivity contribution in [2.75, 3.05) is 6.54 Å². The van der Waals surface area contributed by atoms with Gasteiger partial charge in [0.2, 0.25) is 0 Å². The molecule has 2 unspecified atom stereocenters. The molecule has 21 heavy (non-hydrogen) atoms. The van der Waals surface area contributed by atoms with Crippen LogP contribution in [0.4, 0.5) is 0 Å². The molecule has 1 fully saturated rings. The van der Waals surface area contributed by atoms with Crippen LogP contribution in [-0.2, 0) is 7.05 Å². The summed E-state index contributed by atoms with van der Waals surface area (Å²) in [5.74, 6) is 1.01. The van der Waals surface area contributed by atoms with Crippen LogP contribution in [0.2, 0.25) is 0 Å². The summed E-state index contributed by atoms with van der Waals surface area (Å²) in [6, 6.07) is 3.82. The molecule has 1 amide bonds. The highest BCUT2D eigenvalue weighted by Gasteiger charge is 2.24. The standard InChI is InChI=1S/C15H20N4O2/c1-18-15(19-6-2-3-7-19)13(10-17-18)14(21)16-9-11-4-5-12(20)8-11/h2-3,6-7,10-12,20H,4-5,8-9H2,1H3,(H,16,21). The molecule has 0 spiro atoms. The third-order valence-corrected chi connectivity index (χ3v) is 4.07. The Kier molecular flexibility index (Phi) is 3.79. The molecule has 2 aromatic heterocycles. The molecule has 1 saturated carbocycles. The van der Waals surface area contributed by atoms with Gasteiger partial charge in [0.25, 0.3) is 5.91 Å². The second-order valence-corrected chi connectivity index (χ2v) is 5.64. The van der Waals surface area contributed by atoms with Crippen LogP contribution >= 0.6 is 0 Å². The van der Waals surface area contributed by atoms with Gasteiger partial charge in [0.1, 0.15) is 11.4 Å². The van der Waals surface area contributed by atoms with Gasteiger partial charge in [0, 0.05) is 26.0 Å². The molecule has 2 aromatic rings. The van der Waals surface area contributed by atoms with Gasteiger partial charge in [0.05, 0.1) is 12.3 Å². The van der Waals surface area contributed by atoms with Gasteiger partial charge in [0.15, 0.2) is 0 Å². The molecule has 2 N–H and O–H groups in total. The number of rotatable bonds is 4. The second-order valence-electron chi connectivity index (χ2n) is 5.64. The van der Waals surface area contributed by atoms with Crippen molar-refractivity contribution < 1.29 is 9.90 Å². The molecule has 0 bridgehead atoms. The quantitative estimate of drug-likeness (QED) is 0.885. The number of nitrogens with one attached hydrogen (secondary N) is 1. The number of aromatic nitrogens is 3. The maximum absolute atomic E-state index is 12.4. The van der Waals surface area contributed by atoms with Crippen LogP contribution < -0.4 is 5.32 Å². The Balaban J connectivity index is 1.71. The minimum Gasteiger partial charge on any atom is -0.393 e. The Morgan fingerprint density at radius 1 is 1.43 bits per heavy atom. The van der Waals surface area contributed by atoms with E-state index < -0.39 is 0 Å². The molecule has 1 aliphatic rings. The predicted octanol–water partition coefficient (Wildman–Crippen LogP) is 1.10. The van der Waals surface area contributed by atoms with E-state index in [-0.39, 0.29) is 12.0 Å². The van der Waals surface area contributed by atoms with Crippen LogP contribution in [0.5, 0.6) is 0 Å². The predicted molar refractivity (Wildman–Crippen MR) is 78.2 cm³/mol. The zero-order chi connectivity index (χ0) is 14.8. The molecule has 0 aromatic carbocycles. The van der Waals surface area contributed by atoms with E-state index in [0.29, 0.717) is 18.0 Å². The van der Waals surface area contributed by atoms with Crippen LogP contribution in [-0.4, -0.2) is 38.0 Å². The van der Waals surface area contributed by atoms with E-state index >= 15 is 0 Å². The monoisotopic (exact) mass is 288 g/mol. The Morgan fingerprint density at radius 2 is 2.19 bits per heavy atom. The van der Waals surface area contributed by atoms with E-state index in [1.54, 1.807) is 10.9 Å². The van der Waals surface area contributed by atoms with E-state index in [0.717, 1.165) is 25.1 Å². The number of aliphatic hydroxyl groups is 1. The number of aliphatic hydroxyl groups excluding tert-OH is 1. The van der Waals surface area contributed by atoms with Gasteiger partial charge in [-0.3, -0.25) is 9.48 Å². The lowest BCUT2D eigenvalue weighted by atomic mass is 10.1. The van der Waals surface area contributed by atoms with Crippen molar-refractivity contribution in [3.63, 3.8) is 0 Å². The zero-order valence-electron chi connectivity index (χ0n) is 12.1. The van der Waals surface area contributed by atoms with Gasteiger partial charge < -0.3 is 15.0 Å². The molecule has 3 rings (SSSR count). The summed E-state index contributed by atoms with van der Waals surface area (Å²) in [5.41, 5.74) is 0.562. The first kappa shape index (κ1) is 13.9. The molecular formula is C15H20N4O2. The SMILES string of the molecule is Cn1ncc(C(=O)NCC2CCC(O)C2)c1-n1cccc1. The summed E-state index contributed by atoms with van der Waals surface area (Å²) < 4.78 is 3.56. The van der Waals surface area contributed by atoms with Gasteiger partial charge in [-0.05, 0) is 37.3 Å². The number of aryl methyl sites for hydroxylation is 1. The summed E-state index contributed by atoms with van der Waals surface area (Å²) >= 11 is 0. The first-order valence-electron chi connectivity index (χ1n) is 7.26. The molecule has 2 heterocycles. The molecular weight excluding hydrogens is 268 g/mol. The minimum atomic E-state index is -0.208. The molecule has 0 aliphatic heterocycles. The highest BCUT2D eigenvalue weighted by molar-refractivity contribution is 5.97. The van der Waals surface area contributed by atoms with E-state index in [1.807, 2.05) is 36.1 Å². The number of carbonyl (C=O) groups excluding carboxylic acids is 1. The molecule has 0 radical (unpaired) electrons. The highest BCUT2D eigenvalue weighted by atomic mass is 16.3. The third-order valence-electron chi connectivity index (χ3n) is 4.07. The minimum absolute atomic E-state index is 0.117. The largest absolute Gasteiger partial charge is 0.393 e. The Morgan fingerprint density at radius 3 is 2.86 bits per heavy atom. The van der Waals surface area contributed by atoms with Crippen LogP contribution in [0, 0.1) is 5.92 Å². The van der Waals surface area contributed by atoms with Gasteiger partial charge in [-0.2, -0.15) is 5.10 Å². The Labute approximate surface area is 123 Å². The Bertz CT molecular complexity index is 618. The zero-order valence-corrected chi connectivity index (χ0v) is 12.1. The summed E-state index contributed by atoms with van der Waals surface area (Å²) in [7, 11) is 1.82. The fourth-order valence-electron chi connectivity index (χ4n) is 2.94. The van der Waals surface area contributed by atoms with Crippen molar-refractivity contribution in [2.24, 2.45) is 13.0 Å². The normalized spacial score (nSPS) is 21.6. The molecule has 6 heteroatoms. The van der Waals surface area contributed by atoms with Gasteiger partial charge in [-0.15, -0.1) is 0 Å². The smallest absolute Gasteiger partial charge is 0.256 e. The summed E-state index contributed by atoms with van der Waals surface area (Å²) in [6.07, 6.45) is 7.75. The first-order chi connectivity index (χ1) is 10.1. The number of hydrogen-bond acceptors (Lipinski definition) is 3. The van der Waals surface area contributed by atoms with E-state index in [4.69, 9.17) is 0 Å². The van der Waals surface area contributed by atoms with E-state index in [1.165, 1.54) is 0 Å². The van der Waals surface area contributed by atoms with Crippen LogP contribution in [0.1, 0.15) is 29.6 Å².